The molecule has 2 heterocycles. The summed E-state index contributed by atoms with van der Waals surface area (Å²) in [4.78, 5) is 28.3. The predicted molar refractivity (Wildman–Crippen MR) is 96.9 cm³/mol. The molecule has 2 N–H and O–H groups in total. The molecule has 0 saturated heterocycles. The molecular weight excluding hydrogens is 375 g/mol. The van der Waals surface area contributed by atoms with Gasteiger partial charge in [0.25, 0.3) is 5.91 Å². The van der Waals surface area contributed by atoms with Crippen LogP contribution in [0.25, 0.3) is 10.9 Å². The minimum absolute atomic E-state index is 0.0849. The van der Waals surface area contributed by atoms with Crippen LogP contribution in [0.2, 0.25) is 0 Å². The first-order valence-electron chi connectivity index (χ1n) is 9.18. The number of H-pyrrole nitrogens is 1. The summed E-state index contributed by atoms with van der Waals surface area (Å²) in [5.74, 6) is -2.37. The molecule has 1 aromatic heterocycles. The molecule has 1 aliphatic heterocycles. The van der Waals surface area contributed by atoms with Crippen LogP contribution in [0.5, 0.6) is 0 Å². The molecule has 0 saturated carbocycles. The Hall–Kier alpha value is -2.55. The first-order chi connectivity index (χ1) is 13.3. The highest BCUT2D eigenvalue weighted by Crippen LogP contribution is 2.30. The van der Waals surface area contributed by atoms with Crippen molar-refractivity contribution in [3.63, 3.8) is 0 Å². The number of nitrogens with zero attached hydrogens (tertiary/aromatic N) is 1. The van der Waals surface area contributed by atoms with Gasteiger partial charge in [0, 0.05) is 35.6 Å². The molecular formula is C19H22F3N3O3. The van der Waals surface area contributed by atoms with E-state index in [1.807, 2.05) is 0 Å². The zero-order valence-electron chi connectivity index (χ0n) is 15.7. The Morgan fingerprint density at radius 2 is 2.00 bits per heavy atom. The number of rotatable bonds is 6. The van der Waals surface area contributed by atoms with Gasteiger partial charge in [-0.2, -0.15) is 13.2 Å². The maximum atomic E-state index is 12.7. The maximum Gasteiger partial charge on any atom is 0.490 e. The second kappa shape index (κ2) is 7.83. The van der Waals surface area contributed by atoms with Gasteiger partial charge in [0.2, 0.25) is 0 Å². The third kappa shape index (κ3) is 3.84. The van der Waals surface area contributed by atoms with Gasteiger partial charge in [-0.3, -0.25) is 9.69 Å². The minimum Gasteiger partial charge on any atom is -0.439 e. The van der Waals surface area contributed by atoms with Gasteiger partial charge in [-0.05, 0) is 42.8 Å². The number of halogens is 3. The molecule has 3 rings (SSSR count). The van der Waals surface area contributed by atoms with Crippen molar-refractivity contribution < 1.29 is 27.5 Å². The van der Waals surface area contributed by atoms with E-state index in [1.54, 1.807) is 37.1 Å². The van der Waals surface area contributed by atoms with E-state index >= 15 is 0 Å². The first-order valence-corrected chi connectivity index (χ1v) is 9.18. The van der Waals surface area contributed by atoms with Crippen LogP contribution in [-0.4, -0.2) is 53.8 Å². The number of carbonyl (C=O) groups excluding carboxylic acids is 2. The fraction of sp³-hybridized carbons (Fsp3) is 0.474. The maximum absolute atomic E-state index is 12.7. The van der Waals surface area contributed by atoms with E-state index in [-0.39, 0.29) is 12.3 Å². The lowest BCUT2D eigenvalue weighted by atomic mass is 9.93. The van der Waals surface area contributed by atoms with Crippen molar-refractivity contribution in [1.29, 1.82) is 0 Å². The van der Waals surface area contributed by atoms with Crippen LogP contribution >= 0.6 is 0 Å². The number of likely N-dealkylation sites (N-methyl/N-ethyl adjacent to an activating group) is 1. The topological polar surface area (TPSA) is 74.4 Å². The minimum atomic E-state index is -5.05. The summed E-state index contributed by atoms with van der Waals surface area (Å²) in [5.41, 5.74) is 2.93. The first kappa shape index (κ1) is 20.2. The van der Waals surface area contributed by atoms with E-state index in [9.17, 15) is 22.8 Å². The summed E-state index contributed by atoms with van der Waals surface area (Å²) in [6, 6.07) is 3.51. The van der Waals surface area contributed by atoms with Crippen molar-refractivity contribution in [1.82, 2.24) is 15.2 Å². The Kier molecular flexibility index (Phi) is 5.64. The molecule has 2 aromatic rings. The van der Waals surface area contributed by atoms with E-state index in [1.165, 1.54) is 0 Å². The lowest BCUT2D eigenvalue weighted by Crippen LogP contribution is -2.43. The van der Waals surface area contributed by atoms with Gasteiger partial charge >= 0.3 is 12.1 Å². The molecule has 0 fully saturated rings. The number of amides is 1. The highest BCUT2D eigenvalue weighted by atomic mass is 19.4. The normalized spacial score (nSPS) is 15.4. The monoisotopic (exact) mass is 397 g/mol. The van der Waals surface area contributed by atoms with Crippen molar-refractivity contribution in [2.24, 2.45) is 0 Å². The SMILES string of the molecule is CCN(CC)C(Cc1c[nH]c2ccc3c(c12)CCNC3=O)OC(=O)C(F)(F)F. The number of aromatic amines is 1. The number of fused-ring (bicyclic) bond motifs is 3. The molecule has 0 aliphatic carbocycles. The number of alkyl halides is 3. The van der Waals surface area contributed by atoms with Gasteiger partial charge in [0.05, 0.1) is 0 Å². The third-order valence-corrected chi connectivity index (χ3v) is 5.03. The van der Waals surface area contributed by atoms with Gasteiger partial charge in [-0.1, -0.05) is 13.8 Å². The summed E-state index contributed by atoms with van der Waals surface area (Å²) < 4.78 is 43.0. The van der Waals surface area contributed by atoms with Gasteiger partial charge in [-0.15, -0.1) is 0 Å². The van der Waals surface area contributed by atoms with Crippen molar-refractivity contribution in [3.8, 4) is 0 Å². The number of carbonyl (C=O) groups is 2. The van der Waals surface area contributed by atoms with Crippen LogP contribution in [0.3, 0.4) is 0 Å². The number of aromatic nitrogens is 1. The molecule has 28 heavy (non-hydrogen) atoms. The predicted octanol–water partition coefficient (Wildman–Crippen LogP) is 2.77. The number of esters is 1. The van der Waals surface area contributed by atoms with E-state index in [0.29, 0.717) is 37.2 Å². The smallest absolute Gasteiger partial charge is 0.439 e. The second-order valence-corrected chi connectivity index (χ2v) is 6.62. The number of ether oxygens (including phenoxy) is 1. The Morgan fingerprint density at radius 1 is 1.29 bits per heavy atom. The van der Waals surface area contributed by atoms with E-state index < -0.39 is 18.4 Å². The van der Waals surface area contributed by atoms with E-state index in [4.69, 9.17) is 4.74 Å². The van der Waals surface area contributed by atoms with Crippen LogP contribution in [0.15, 0.2) is 18.3 Å². The molecule has 9 heteroatoms. The number of hydrogen-bond donors (Lipinski definition) is 2. The van der Waals surface area contributed by atoms with E-state index in [0.717, 1.165) is 16.5 Å². The molecule has 152 valence electrons. The summed E-state index contributed by atoms with van der Waals surface area (Å²) >= 11 is 0. The van der Waals surface area contributed by atoms with Crippen molar-refractivity contribution >= 4 is 22.8 Å². The Labute approximate surface area is 160 Å². The van der Waals surface area contributed by atoms with Crippen LogP contribution in [0.1, 0.15) is 35.3 Å². The zero-order chi connectivity index (χ0) is 20.5. The molecule has 6 nitrogen and oxygen atoms in total. The van der Waals surface area contributed by atoms with Gasteiger partial charge < -0.3 is 15.0 Å². The summed E-state index contributed by atoms with van der Waals surface area (Å²) in [5, 5.41) is 3.60. The van der Waals surface area contributed by atoms with Crippen molar-refractivity contribution in [2.45, 2.75) is 39.1 Å². The Morgan fingerprint density at radius 3 is 2.64 bits per heavy atom. The Balaban J connectivity index is 1.98. The summed E-state index contributed by atoms with van der Waals surface area (Å²) in [6.07, 6.45) is -3.70. The molecule has 1 unspecified atom stereocenters. The second-order valence-electron chi connectivity index (χ2n) is 6.62. The fourth-order valence-corrected chi connectivity index (χ4v) is 3.66. The van der Waals surface area contributed by atoms with Crippen LogP contribution in [0, 0.1) is 0 Å². The molecule has 0 radical (unpaired) electrons. The fourth-order valence-electron chi connectivity index (χ4n) is 3.66. The lowest BCUT2D eigenvalue weighted by molar-refractivity contribution is -0.212. The van der Waals surface area contributed by atoms with Gasteiger partial charge in [-0.25, -0.2) is 4.79 Å². The highest BCUT2D eigenvalue weighted by Gasteiger charge is 2.43. The number of hydrogen-bond acceptors (Lipinski definition) is 4. The van der Waals surface area contributed by atoms with Crippen LogP contribution in [0.4, 0.5) is 13.2 Å². The van der Waals surface area contributed by atoms with Crippen LogP contribution in [-0.2, 0) is 22.4 Å². The van der Waals surface area contributed by atoms with Crippen molar-refractivity contribution in [3.05, 3.63) is 35.0 Å². The van der Waals surface area contributed by atoms with Crippen LogP contribution < -0.4 is 5.32 Å². The molecule has 1 atom stereocenters. The summed E-state index contributed by atoms with van der Waals surface area (Å²) in [7, 11) is 0. The molecule has 0 bridgehead atoms. The highest BCUT2D eigenvalue weighted by molar-refractivity contribution is 6.02. The average Bonchev–Trinajstić information content (AvgIpc) is 3.05. The zero-order valence-corrected chi connectivity index (χ0v) is 15.7. The summed E-state index contributed by atoms with van der Waals surface area (Å²) in [6.45, 7) is 4.93. The van der Waals surface area contributed by atoms with E-state index in [2.05, 4.69) is 10.3 Å². The lowest BCUT2D eigenvalue weighted by Gasteiger charge is -2.29. The van der Waals surface area contributed by atoms with Gasteiger partial charge in [0.1, 0.15) is 0 Å². The molecule has 0 spiro atoms. The Bertz CT molecular complexity index is 888. The number of nitrogens with one attached hydrogen (secondary N) is 2. The number of benzene rings is 1. The largest absolute Gasteiger partial charge is 0.490 e. The average molecular weight is 397 g/mol. The van der Waals surface area contributed by atoms with Crippen molar-refractivity contribution in [2.75, 3.05) is 19.6 Å². The standard InChI is InChI=1S/C19H22F3N3O3/c1-3-25(4-2)15(28-18(27)19(20,21)22)9-11-10-24-14-6-5-13-12(16(11)14)7-8-23-17(13)26/h5-6,10,15,24H,3-4,7-9H2,1-2H3,(H,23,26). The van der Waals surface area contributed by atoms with Gasteiger partial charge in [0.15, 0.2) is 6.23 Å². The molecule has 1 aliphatic rings. The third-order valence-electron chi connectivity index (χ3n) is 5.03. The molecule has 1 aromatic carbocycles. The quantitative estimate of drug-likeness (QED) is 0.581. The molecule has 1 amide bonds.